The summed E-state index contributed by atoms with van der Waals surface area (Å²) in [6.07, 6.45) is 1.13. The van der Waals surface area contributed by atoms with Crippen LogP contribution in [0.1, 0.15) is 30.9 Å². The number of ether oxygens (including phenoxy) is 1. The van der Waals surface area contributed by atoms with Crippen LogP contribution in [0.15, 0.2) is 48.5 Å². The van der Waals surface area contributed by atoms with E-state index < -0.39 is 11.4 Å². The van der Waals surface area contributed by atoms with Gasteiger partial charge < -0.3 is 15.2 Å². The molecule has 2 rings (SSSR count). The molecule has 1 amide bonds. The second kappa shape index (κ2) is 9.42. The minimum absolute atomic E-state index is 0.0467. The lowest BCUT2D eigenvalue weighted by molar-refractivity contribution is -0.144. The molecule has 0 aliphatic carbocycles. The van der Waals surface area contributed by atoms with Gasteiger partial charge in [-0.05, 0) is 36.1 Å². The molecular formula is C21H24ClNO4. The van der Waals surface area contributed by atoms with Crippen LogP contribution >= 0.6 is 11.6 Å². The average Bonchev–Trinajstić information content (AvgIpc) is 2.68. The van der Waals surface area contributed by atoms with Crippen LogP contribution < -0.4 is 10.1 Å². The molecule has 1 atom stereocenters. The van der Waals surface area contributed by atoms with Crippen molar-refractivity contribution < 1.29 is 19.4 Å². The number of aliphatic carboxylic acids is 1. The molecule has 0 aromatic heterocycles. The fraction of sp³-hybridized carbons (Fsp3) is 0.333. The first kappa shape index (κ1) is 20.8. The lowest BCUT2D eigenvalue weighted by atomic mass is 9.78. The van der Waals surface area contributed by atoms with E-state index in [1.807, 2.05) is 19.1 Å². The quantitative estimate of drug-likeness (QED) is 0.683. The third-order valence-electron chi connectivity index (χ3n) is 4.78. The molecule has 27 heavy (non-hydrogen) atoms. The van der Waals surface area contributed by atoms with E-state index in [1.54, 1.807) is 43.5 Å². The molecule has 2 N–H and O–H groups in total. The van der Waals surface area contributed by atoms with Crippen molar-refractivity contribution in [1.29, 1.82) is 0 Å². The molecule has 0 saturated carbocycles. The minimum Gasteiger partial charge on any atom is -0.495 e. The van der Waals surface area contributed by atoms with Crippen LogP contribution in [0.4, 0.5) is 0 Å². The second-order valence-corrected chi connectivity index (χ2v) is 6.76. The second-order valence-electron chi connectivity index (χ2n) is 6.35. The van der Waals surface area contributed by atoms with Gasteiger partial charge in [-0.3, -0.25) is 9.59 Å². The lowest BCUT2D eigenvalue weighted by Gasteiger charge is -2.29. The van der Waals surface area contributed by atoms with Crippen molar-refractivity contribution in [2.24, 2.45) is 0 Å². The first-order valence-corrected chi connectivity index (χ1v) is 9.18. The molecular weight excluding hydrogens is 366 g/mol. The Bertz CT molecular complexity index is 794. The molecule has 0 aliphatic heterocycles. The number of rotatable bonds is 9. The summed E-state index contributed by atoms with van der Waals surface area (Å²) in [6, 6.07) is 14.4. The van der Waals surface area contributed by atoms with E-state index in [2.05, 4.69) is 5.32 Å². The number of carboxylic acid groups (broad SMARTS) is 1. The van der Waals surface area contributed by atoms with E-state index in [0.717, 1.165) is 5.56 Å². The topological polar surface area (TPSA) is 75.6 Å². The van der Waals surface area contributed by atoms with E-state index in [1.165, 1.54) is 0 Å². The number of methoxy groups -OCH3 is 1. The normalized spacial score (nSPS) is 12.9. The van der Waals surface area contributed by atoms with Crippen LogP contribution in [0.25, 0.3) is 0 Å². The van der Waals surface area contributed by atoms with Gasteiger partial charge in [0.25, 0.3) is 0 Å². The van der Waals surface area contributed by atoms with Crippen molar-refractivity contribution in [3.05, 3.63) is 64.7 Å². The van der Waals surface area contributed by atoms with E-state index in [-0.39, 0.29) is 18.9 Å². The molecule has 2 aromatic carbocycles. The standard InChI is InChI=1S/C21H24ClNO4/c1-3-21(20(25)26,16-7-5-4-6-8-16)14-23-19(24)12-10-15-9-11-18(27-2)17(22)13-15/h4-9,11,13H,3,10,12,14H2,1-2H3,(H,23,24)(H,25,26). The highest BCUT2D eigenvalue weighted by Gasteiger charge is 2.38. The highest BCUT2D eigenvalue weighted by molar-refractivity contribution is 6.32. The van der Waals surface area contributed by atoms with Crippen LogP contribution in [0.3, 0.4) is 0 Å². The molecule has 0 bridgehead atoms. The van der Waals surface area contributed by atoms with Crippen LogP contribution in [-0.4, -0.2) is 30.6 Å². The number of carbonyl (C=O) groups excluding carboxylic acids is 1. The minimum atomic E-state index is -1.14. The highest BCUT2D eigenvalue weighted by Crippen LogP contribution is 2.28. The van der Waals surface area contributed by atoms with Gasteiger partial charge in [0.15, 0.2) is 0 Å². The summed E-state index contributed by atoms with van der Waals surface area (Å²) in [5.41, 5.74) is 0.460. The van der Waals surface area contributed by atoms with Crippen molar-refractivity contribution in [1.82, 2.24) is 5.32 Å². The zero-order valence-electron chi connectivity index (χ0n) is 15.5. The average molecular weight is 390 g/mol. The Labute approximate surface area is 164 Å². The molecule has 0 heterocycles. The summed E-state index contributed by atoms with van der Waals surface area (Å²) in [7, 11) is 1.55. The summed E-state index contributed by atoms with van der Waals surface area (Å²) in [4.78, 5) is 24.2. The zero-order chi connectivity index (χ0) is 19.9. The lowest BCUT2D eigenvalue weighted by Crippen LogP contribution is -2.46. The number of benzene rings is 2. The van der Waals surface area contributed by atoms with Gasteiger partial charge >= 0.3 is 5.97 Å². The van der Waals surface area contributed by atoms with Gasteiger partial charge in [-0.25, -0.2) is 0 Å². The summed E-state index contributed by atoms with van der Waals surface area (Å²) in [5, 5.41) is 13.1. The van der Waals surface area contributed by atoms with Crippen molar-refractivity contribution >= 4 is 23.5 Å². The van der Waals surface area contributed by atoms with Crippen molar-refractivity contribution in [3.63, 3.8) is 0 Å². The molecule has 5 nitrogen and oxygen atoms in total. The van der Waals surface area contributed by atoms with Gasteiger partial charge in [-0.15, -0.1) is 0 Å². The van der Waals surface area contributed by atoms with E-state index in [9.17, 15) is 14.7 Å². The van der Waals surface area contributed by atoms with Crippen LogP contribution in [0, 0.1) is 0 Å². The van der Waals surface area contributed by atoms with Gasteiger partial charge in [0.2, 0.25) is 5.91 Å². The number of carboxylic acids is 1. The number of hydrogen-bond acceptors (Lipinski definition) is 3. The largest absolute Gasteiger partial charge is 0.495 e. The smallest absolute Gasteiger partial charge is 0.315 e. The first-order valence-electron chi connectivity index (χ1n) is 8.81. The molecule has 0 fully saturated rings. The van der Waals surface area contributed by atoms with Crippen LogP contribution in [0.5, 0.6) is 5.75 Å². The predicted octanol–water partition coefficient (Wildman–Crippen LogP) is 3.83. The Morgan fingerprint density at radius 2 is 1.89 bits per heavy atom. The van der Waals surface area contributed by atoms with Gasteiger partial charge in [-0.2, -0.15) is 0 Å². The Kier molecular flexibility index (Phi) is 7.25. The Morgan fingerprint density at radius 1 is 1.19 bits per heavy atom. The summed E-state index contributed by atoms with van der Waals surface area (Å²) in [6.45, 7) is 1.86. The SMILES string of the molecule is CCC(CNC(=O)CCc1ccc(OC)c(Cl)c1)(C(=O)O)c1ccccc1. The third-order valence-corrected chi connectivity index (χ3v) is 5.08. The van der Waals surface area contributed by atoms with Gasteiger partial charge in [0.05, 0.1) is 12.1 Å². The van der Waals surface area contributed by atoms with Crippen LogP contribution in [0.2, 0.25) is 5.02 Å². The number of aryl methyl sites for hydroxylation is 1. The van der Waals surface area contributed by atoms with Gasteiger partial charge in [0, 0.05) is 13.0 Å². The Balaban J connectivity index is 2.00. The fourth-order valence-electron chi connectivity index (χ4n) is 3.00. The van der Waals surface area contributed by atoms with Crippen molar-refractivity contribution in [2.75, 3.05) is 13.7 Å². The zero-order valence-corrected chi connectivity index (χ0v) is 16.3. The molecule has 144 valence electrons. The maximum atomic E-state index is 12.3. The highest BCUT2D eigenvalue weighted by atomic mass is 35.5. The maximum Gasteiger partial charge on any atom is 0.315 e. The number of hydrogen-bond donors (Lipinski definition) is 2. The molecule has 0 radical (unpaired) electrons. The predicted molar refractivity (Wildman–Crippen MR) is 105 cm³/mol. The van der Waals surface area contributed by atoms with Crippen molar-refractivity contribution in [3.8, 4) is 5.75 Å². The molecule has 0 saturated heterocycles. The molecule has 0 spiro atoms. The van der Waals surface area contributed by atoms with Gasteiger partial charge in [0.1, 0.15) is 11.2 Å². The summed E-state index contributed by atoms with van der Waals surface area (Å²) >= 11 is 6.10. The first-order chi connectivity index (χ1) is 12.9. The number of nitrogens with one attached hydrogen (secondary N) is 1. The maximum absolute atomic E-state index is 12.3. The monoisotopic (exact) mass is 389 g/mol. The van der Waals surface area contributed by atoms with Gasteiger partial charge in [-0.1, -0.05) is 54.9 Å². The Hall–Kier alpha value is -2.53. The number of amides is 1. The Morgan fingerprint density at radius 3 is 2.44 bits per heavy atom. The molecule has 0 aliphatic rings. The summed E-state index contributed by atoms with van der Waals surface area (Å²) < 4.78 is 5.11. The third kappa shape index (κ3) is 5.01. The van der Waals surface area contributed by atoms with Crippen LogP contribution in [-0.2, 0) is 21.4 Å². The molecule has 1 unspecified atom stereocenters. The van der Waals surface area contributed by atoms with E-state index in [4.69, 9.17) is 16.3 Å². The molecule has 6 heteroatoms. The van der Waals surface area contributed by atoms with E-state index >= 15 is 0 Å². The number of halogens is 1. The van der Waals surface area contributed by atoms with E-state index in [0.29, 0.717) is 29.2 Å². The molecule has 2 aromatic rings. The fourth-order valence-corrected chi connectivity index (χ4v) is 3.28. The number of carbonyl (C=O) groups is 2. The van der Waals surface area contributed by atoms with Crippen molar-refractivity contribution in [2.45, 2.75) is 31.6 Å². The summed E-state index contributed by atoms with van der Waals surface area (Å²) in [5.74, 6) is -0.558.